The van der Waals surface area contributed by atoms with Crippen molar-refractivity contribution in [3.05, 3.63) is 0 Å². The van der Waals surface area contributed by atoms with Crippen LogP contribution in [0.25, 0.3) is 0 Å². The molecule has 0 fully saturated rings. The van der Waals surface area contributed by atoms with Gasteiger partial charge in [-0.2, -0.15) is 0 Å². The fourth-order valence-corrected chi connectivity index (χ4v) is 3.65. The Hall–Kier alpha value is 0.463. The van der Waals surface area contributed by atoms with Gasteiger partial charge < -0.3 is 2.85 Å². The van der Waals surface area contributed by atoms with Crippen LogP contribution in [0.1, 0.15) is 2.85 Å². The molecule has 9 heavy (non-hydrogen) atoms. The Kier molecular flexibility index (Phi) is 5.53. The Morgan fingerprint density at radius 1 is 1.00 bits per heavy atom. The molecule has 0 aromatic heterocycles. The first kappa shape index (κ1) is 9.46. The van der Waals surface area contributed by atoms with Crippen LogP contribution in [0.3, 0.4) is 0 Å². The molecule has 0 atom stereocenters. The molecule has 0 aliphatic carbocycles. The quantitative estimate of drug-likeness (QED) is 0.551. The first-order valence-corrected chi connectivity index (χ1v) is 7.62. The van der Waals surface area contributed by atoms with E-state index in [-0.39, 0.29) is 18.3 Å². The standard InChI is InChI=1S/C6H18GeN2.2H/c1-8(2)5-7-6-9(3)4;;/h5-7H2,1-4H3;;/q;2*-1. The van der Waals surface area contributed by atoms with Gasteiger partial charge in [0.15, 0.2) is 0 Å². The summed E-state index contributed by atoms with van der Waals surface area (Å²) in [6, 6.07) is 0. The molecule has 2 nitrogen and oxygen atoms in total. The fraction of sp³-hybridized carbons (Fsp3) is 1.00. The van der Waals surface area contributed by atoms with Crippen LogP contribution in [0.4, 0.5) is 0 Å². The van der Waals surface area contributed by atoms with Crippen molar-refractivity contribution in [2.45, 2.75) is 0 Å². The van der Waals surface area contributed by atoms with Crippen LogP contribution in [-0.2, 0) is 0 Å². The van der Waals surface area contributed by atoms with Crippen molar-refractivity contribution < 1.29 is 2.85 Å². The van der Waals surface area contributed by atoms with E-state index in [1.165, 1.54) is 10.8 Å². The number of nitrogens with zero attached hydrogens (tertiary/aromatic N) is 2. The van der Waals surface area contributed by atoms with Crippen LogP contribution in [0.15, 0.2) is 0 Å². The molecule has 60 valence electrons. The van der Waals surface area contributed by atoms with Gasteiger partial charge in [0.2, 0.25) is 0 Å². The minimum atomic E-state index is -0.215. The van der Waals surface area contributed by atoms with E-state index >= 15 is 0 Å². The smallest absolute Gasteiger partial charge is 1.00 e. The van der Waals surface area contributed by atoms with Crippen molar-refractivity contribution in [2.24, 2.45) is 0 Å². The van der Waals surface area contributed by atoms with Crippen LogP contribution in [0.5, 0.6) is 0 Å². The summed E-state index contributed by atoms with van der Waals surface area (Å²) in [5.41, 5.74) is 0. The van der Waals surface area contributed by atoms with Crippen LogP contribution < -0.4 is 0 Å². The largest absolute Gasteiger partial charge is 1.00 e. The van der Waals surface area contributed by atoms with Gasteiger partial charge in [0, 0.05) is 0 Å². The topological polar surface area (TPSA) is 6.48 Å². The Bertz CT molecular complexity index is 63.6. The van der Waals surface area contributed by atoms with Crippen molar-refractivity contribution in [1.82, 2.24) is 9.80 Å². The third-order valence-corrected chi connectivity index (χ3v) is 6.29. The Balaban J connectivity index is -0.000000320. The second kappa shape index (κ2) is 5.26. The van der Waals surface area contributed by atoms with Crippen molar-refractivity contribution in [1.29, 1.82) is 0 Å². The van der Waals surface area contributed by atoms with E-state index in [1.807, 2.05) is 0 Å². The summed E-state index contributed by atoms with van der Waals surface area (Å²) in [5, 5.41) is 2.76. The first-order valence-electron chi connectivity index (χ1n) is 3.42. The van der Waals surface area contributed by atoms with E-state index in [9.17, 15) is 0 Å². The molecule has 0 N–H and O–H groups in total. The number of hydrogen-bond acceptors (Lipinski definition) is 2. The molecular formula is C6H20GeN2-2. The second-order valence-corrected chi connectivity index (χ2v) is 6.32. The average Bonchev–Trinajstić information content (AvgIpc) is 1.63. The van der Waals surface area contributed by atoms with E-state index in [0.717, 1.165) is 0 Å². The summed E-state index contributed by atoms with van der Waals surface area (Å²) in [7, 11) is 8.61. The van der Waals surface area contributed by atoms with Gasteiger partial charge in [-0.25, -0.2) is 0 Å². The summed E-state index contributed by atoms with van der Waals surface area (Å²) < 4.78 is 0. The zero-order valence-corrected chi connectivity index (χ0v) is 9.98. The molecule has 0 aliphatic heterocycles. The monoisotopic (exact) mass is 194 g/mol. The zero-order chi connectivity index (χ0) is 7.28. The average molecular weight is 193 g/mol. The molecule has 0 unspecified atom stereocenters. The minimum absolute atomic E-state index is 0. The van der Waals surface area contributed by atoms with Gasteiger partial charge in [-0.05, 0) is 0 Å². The minimum Gasteiger partial charge on any atom is -1.00 e. The molecule has 0 bridgehead atoms. The van der Waals surface area contributed by atoms with Crippen LogP contribution in [0.2, 0.25) is 0 Å². The third-order valence-electron chi connectivity index (χ3n) is 1.21. The predicted molar refractivity (Wildman–Crippen MR) is 47.9 cm³/mol. The molecule has 0 spiro atoms. The molecule has 0 rings (SSSR count). The van der Waals surface area contributed by atoms with Gasteiger partial charge in [-0.3, -0.25) is 0 Å². The first-order chi connectivity index (χ1) is 4.13. The predicted octanol–water partition coefficient (Wildman–Crippen LogP) is -0.582. The van der Waals surface area contributed by atoms with E-state index in [0.29, 0.717) is 0 Å². The summed E-state index contributed by atoms with van der Waals surface area (Å²) in [4.78, 5) is 4.59. The summed E-state index contributed by atoms with van der Waals surface area (Å²) in [5.74, 6) is 0. The maximum atomic E-state index is 2.30. The van der Waals surface area contributed by atoms with E-state index in [2.05, 4.69) is 38.0 Å². The Morgan fingerprint density at radius 2 is 1.33 bits per heavy atom. The molecule has 0 aliphatic rings. The van der Waals surface area contributed by atoms with Crippen molar-refractivity contribution in [3.8, 4) is 0 Å². The van der Waals surface area contributed by atoms with Gasteiger partial charge in [0.05, 0.1) is 0 Å². The summed E-state index contributed by atoms with van der Waals surface area (Å²) in [6.45, 7) is 0. The van der Waals surface area contributed by atoms with Gasteiger partial charge >= 0.3 is 64.2 Å². The van der Waals surface area contributed by atoms with E-state index in [4.69, 9.17) is 0 Å². The molecule has 0 aromatic rings. The van der Waals surface area contributed by atoms with Gasteiger partial charge in [0.1, 0.15) is 0 Å². The van der Waals surface area contributed by atoms with E-state index < -0.39 is 0 Å². The second-order valence-electron chi connectivity index (χ2n) is 2.96. The van der Waals surface area contributed by atoms with Gasteiger partial charge in [-0.1, -0.05) is 0 Å². The molecule has 0 aromatic carbocycles. The molecule has 0 saturated heterocycles. The summed E-state index contributed by atoms with van der Waals surface area (Å²) >= 11 is -0.215. The molecule has 0 amide bonds. The van der Waals surface area contributed by atoms with Crippen LogP contribution in [0, 0.1) is 0 Å². The molecule has 0 heterocycles. The van der Waals surface area contributed by atoms with Crippen molar-refractivity contribution >= 4 is 15.4 Å². The van der Waals surface area contributed by atoms with Crippen LogP contribution in [-0.4, -0.2) is 64.2 Å². The van der Waals surface area contributed by atoms with Gasteiger partial charge in [-0.15, -0.1) is 0 Å². The molecule has 3 heteroatoms. The van der Waals surface area contributed by atoms with Crippen molar-refractivity contribution in [3.63, 3.8) is 0 Å². The molecule has 0 radical (unpaired) electrons. The molecular weight excluding hydrogens is 173 g/mol. The zero-order valence-electron chi connectivity index (χ0n) is 9.02. The third kappa shape index (κ3) is 8.46. The molecule has 0 saturated carbocycles. The van der Waals surface area contributed by atoms with Crippen molar-refractivity contribution in [2.75, 3.05) is 38.9 Å². The van der Waals surface area contributed by atoms with Crippen LogP contribution >= 0.6 is 0 Å². The maximum absolute atomic E-state index is 2.30. The number of rotatable bonds is 4. The van der Waals surface area contributed by atoms with E-state index in [1.54, 1.807) is 0 Å². The Morgan fingerprint density at radius 3 is 1.56 bits per heavy atom. The summed E-state index contributed by atoms with van der Waals surface area (Å²) in [6.07, 6.45) is 0. The number of hydrogen-bond donors (Lipinski definition) is 0. The van der Waals surface area contributed by atoms with Gasteiger partial charge in [0.25, 0.3) is 0 Å². The maximum Gasteiger partial charge on any atom is -1.00 e. The fourth-order valence-electron chi connectivity index (χ4n) is 0.703. The Labute approximate surface area is 67.7 Å². The SMILES string of the molecule is CN(C)[CH2][GeH2][CH2]N(C)C.[H-].[H-]. The normalized spacial score (nSPS) is 11.3.